The molecule has 8 aromatic carbocycles. The number of hydrogen-bond donors (Lipinski definition) is 0. The van der Waals surface area contributed by atoms with Gasteiger partial charge >= 0.3 is 0 Å². The van der Waals surface area contributed by atoms with Gasteiger partial charge in [0, 0.05) is 44.4 Å². The highest BCUT2D eigenvalue weighted by molar-refractivity contribution is 6.14. The van der Waals surface area contributed by atoms with Crippen LogP contribution in [0.2, 0.25) is 0 Å². The van der Waals surface area contributed by atoms with Crippen molar-refractivity contribution >= 4 is 54.5 Å². The largest absolute Gasteiger partial charge is 0.456 e. The molecule has 3 heterocycles. The van der Waals surface area contributed by atoms with E-state index in [-0.39, 0.29) is 0 Å². The first kappa shape index (κ1) is 31.2. The highest BCUT2D eigenvalue weighted by atomic mass is 16.3. The SMILES string of the molecule is Cc1nc(-c2ccc3ccccc3c2)nc(-c2cccc3oc4cc(-n5c6ccc(-c7ccccc7)cc6c6cc(-c7ccccc7)ccc65)ccc4c23)n1. The van der Waals surface area contributed by atoms with E-state index >= 15 is 0 Å². The summed E-state index contributed by atoms with van der Waals surface area (Å²) in [5.41, 5.74) is 11.5. The molecule has 0 N–H and O–H groups in total. The molecular weight excluding hydrogens is 673 g/mol. The molecule has 0 atom stereocenters. The lowest BCUT2D eigenvalue weighted by Gasteiger charge is -2.09. The van der Waals surface area contributed by atoms with Crippen LogP contribution in [0.25, 0.3) is 105 Å². The maximum atomic E-state index is 6.64. The summed E-state index contributed by atoms with van der Waals surface area (Å²) in [6.07, 6.45) is 0. The van der Waals surface area contributed by atoms with Crippen LogP contribution in [0.3, 0.4) is 0 Å². The standard InChI is InChI=1S/C50H32N4O/c1-31-51-49(38-20-19-34-15-8-9-16-35(34)27-38)53-50(52-31)41-17-10-18-46-48(41)40-24-23-39(30-47(40)55-46)54-44-25-21-36(32-11-4-2-5-12-32)28-42(44)43-29-37(22-26-45(43)54)33-13-6-3-7-14-33/h2-30H,1H3. The first-order valence-corrected chi connectivity index (χ1v) is 18.5. The molecule has 0 radical (unpaired) electrons. The smallest absolute Gasteiger partial charge is 0.164 e. The average molecular weight is 705 g/mol. The van der Waals surface area contributed by atoms with Gasteiger partial charge in [-0.2, -0.15) is 0 Å². The van der Waals surface area contributed by atoms with Crippen molar-refractivity contribution in [3.05, 3.63) is 182 Å². The number of aromatic nitrogens is 4. The van der Waals surface area contributed by atoms with Gasteiger partial charge in [0.1, 0.15) is 17.0 Å². The van der Waals surface area contributed by atoms with E-state index in [4.69, 9.17) is 19.4 Å². The van der Waals surface area contributed by atoms with Crippen molar-refractivity contribution < 1.29 is 4.42 Å². The Morgan fingerprint density at radius 1 is 0.418 bits per heavy atom. The third kappa shape index (κ3) is 5.20. The molecule has 0 aliphatic carbocycles. The maximum absolute atomic E-state index is 6.64. The van der Waals surface area contributed by atoms with Crippen molar-refractivity contribution in [3.63, 3.8) is 0 Å². The Hall–Kier alpha value is -7.37. The van der Waals surface area contributed by atoms with Gasteiger partial charge in [0.15, 0.2) is 11.6 Å². The number of fused-ring (bicyclic) bond motifs is 7. The minimum atomic E-state index is 0.624. The van der Waals surface area contributed by atoms with Gasteiger partial charge < -0.3 is 8.98 Å². The highest BCUT2D eigenvalue weighted by Gasteiger charge is 2.19. The van der Waals surface area contributed by atoms with Crippen molar-refractivity contribution in [2.45, 2.75) is 6.92 Å². The highest BCUT2D eigenvalue weighted by Crippen LogP contribution is 2.40. The summed E-state index contributed by atoms with van der Waals surface area (Å²) in [7, 11) is 0. The number of rotatable bonds is 5. The van der Waals surface area contributed by atoms with Crippen LogP contribution in [0.1, 0.15) is 5.82 Å². The van der Waals surface area contributed by atoms with Crippen LogP contribution in [0, 0.1) is 6.92 Å². The second kappa shape index (κ2) is 12.4. The molecule has 0 unspecified atom stereocenters. The summed E-state index contributed by atoms with van der Waals surface area (Å²) in [4.78, 5) is 14.6. The lowest BCUT2D eigenvalue weighted by atomic mass is 10.0. The van der Waals surface area contributed by atoms with Gasteiger partial charge in [0.2, 0.25) is 0 Å². The van der Waals surface area contributed by atoms with Gasteiger partial charge in [0.05, 0.1) is 11.0 Å². The van der Waals surface area contributed by atoms with Crippen LogP contribution < -0.4 is 0 Å². The summed E-state index contributed by atoms with van der Waals surface area (Å²) in [6, 6.07) is 62.1. The maximum Gasteiger partial charge on any atom is 0.164 e. The normalized spacial score (nSPS) is 11.7. The Morgan fingerprint density at radius 3 is 1.76 bits per heavy atom. The van der Waals surface area contributed by atoms with Crippen molar-refractivity contribution in [2.24, 2.45) is 0 Å². The predicted octanol–water partition coefficient (Wildman–Crippen LogP) is 13.0. The van der Waals surface area contributed by atoms with Gasteiger partial charge in [-0.25, -0.2) is 15.0 Å². The Bertz CT molecular complexity index is 3170. The lowest BCUT2D eigenvalue weighted by molar-refractivity contribution is 0.668. The van der Waals surface area contributed by atoms with Crippen molar-refractivity contribution in [3.8, 4) is 50.7 Å². The van der Waals surface area contributed by atoms with Gasteiger partial charge in [-0.15, -0.1) is 0 Å². The van der Waals surface area contributed by atoms with Crippen LogP contribution in [0.15, 0.2) is 180 Å². The molecule has 0 amide bonds. The molecule has 0 aliphatic rings. The third-order valence-corrected chi connectivity index (χ3v) is 10.7. The summed E-state index contributed by atoms with van der Waals surface area (Å²) < 4.78 is 8.99. The minimum absolute atomic E-state index is 0.624. The molecule has 0 saturated heterocycles. The molecule has 0 spiro atoms. The predicted molar refractivity (Wildman–Crippen MR) is 225 cm³/mol. The van der Waals surface area contributed by atoms with Gasteiger partial charge in [-0.1, -0.05) is 121 Å². The first-order chi connectivity index (χ1) is 27.1. The van der Waals surface area contributed by atoms with Crippen LogP contribution in [0.4, 0.5) is 0 Å². The van der Waals surface area contributed by atoms with Crippen LogP contribution in [-0.4, -0.2) is 19.5 Å². The number of aryl methyl sites for hydroxylation is 1. The molecule has 0 saturated carbocycles. The molecular formula is C50H32N4O. The quantitative estimate of drug-likeness (QED) is 0.179. The lowest BCUT2D eigenvalue weighted by Crippen LogP contribution is -1.99. The third-order valence-electron chi connectivity index (χ3n) is 10.7. The van der Waals surface area contributed by atoms with E-state index in [1.807, 2.05) is 19.1 Å². The molecule has 258 valence electrons. The molecule has 0 bridgehead atoms. The summed E-state index contributed by atoms with van der Waals surface area (Å²) in [5.74, 6) is 1.94. The minimum Gasteiger partial charge on any atom is -0.456 e. The number of furan rings is 1. The summed E-state index contributed by atoms with van der Waals surface area (Å²) in [5, 5.41) is 6.73. The number of hydrogen-bond acceptors (Lipinski definition) is 4. The van der Waals surface area contributed by atoms with Crippen LogP contribution in [0.5, 0.6) is 0 Å². The molecule has 0 fully saturated rings. The molecule has 0 aliphatic heterocycles. The fourth-order valence-electron chi connectivity index (χ4n) is 8.12. The zero-order valence-electron chi connectivity index (χ0n) is 29.9. The van der Waals surface area contributed by atoms with E-state index in [9.17, 15) is 0 Å². The Labute approximate surface area is 316 Å². The van der Waals surface area contributed by atoms with Crippen molar-refractivity contribution in [2.75, 3.05) is 0 Å². The fraction of sp³-hybridized carbons (Fsp3) is 0.0200. The Morgan fingerprint density at radius 2 is 1.05 bits per heavy atom. The van der Waals surface area contributed by atoms with E-state index in [1.165, 1.54) is 38.4 Å². The Balaban J connectivity index is 1.07. The van der Waals surface area contributed by atoms with Crippen LogP contribution >= 0.6 is 0 Å². The zero-order chi connectivity index (χ0) is 36.5. The van der Waals surface area contributed by atoms with Gasteiger partial charge in [-0.3, -0.25) is 0 Å². The van der Waals surface area contributed by atoms with E-state index in [2.05, 4.69) is 168 Å². The molecule has 11 aromatic rings. The van der Waals surface area contributed by atoms with Crippen LogP contribution in [-0.2, 0) is 0 Å². The first-order valence-electron chi connectivity index (χ1n) is 18.5. The number of benzene rings is 8. The average Bonchev–Trinajstić information content (AvgIpc) is 3.78. The molecule has 5 heteroatoms. The van der Waals surface area contributed by atoms with Crippen molar-refractivity contribution in [1.82, 2.24) is 19.5 Å². The Kier molecular flexibility index (Phi) is 7.01. The zero-order valence-corrected chi connectivity index (χ0v) is 29.9. The molecule has 3 aromatic heterocycles. The fourth-order valence-corrected chi connectivity index (χ4v) is 8.12. The van der Waals surface area contributed by atoms with E-state index < -0.39 is 0 Å². The second-order valence-electron chi connectivity index (χ2n) is 14.1. The van der Waals surface area contributed by atoms with Crippen molar-refractivity contribution in [1.29, 1.82) is 0 Å². The topological polar surface area (TPSA) is 56.7 Å². The molecule has 11 rings (SSSR count). The van der Waals surface area contributed by atoms with E-state index in [1.54, 1.807) is 0 Å². The number of nitrogens with zero attached hydrogens (tertiary/aromatic N) is 4. The summed E-state index contributed by atoms with van der Waals surface area (Å²) >= 11 is 0. The molecule has 55 heavy (non-hydrogen) atoms. The monoisotopic (exact) mass is 704 g/mol. The van der Waals surface area contributed by atoms with E-state index in [0.29, 0.717) is 17.5 Å². The van der Waals surface area contributed by atoms with E-state index in [0.717, 1.165) is 55.2 Å². The summed E-state index contributed by atoms with van der Waals surface area (Å²) in [6.45, 7) is 1.92. The second-order valence-corrected chi connectivity index (χ2v) is 14.1. The van der Waals surface area contributed by atoms with Gasteiger partial charge in [0.25, 0.3) is 0 Å². The van der Waals surface area contributed by atoms with Gasteiger partial charge in [-0.05, 0) is 88.5 Å². The molecule has 5 nitrogen and oxygen atoms in total.